The van der Waals surface area contributed by atoms with Crippen molar-refractivity contribution in [2.75, 3.05) is 66.1 Å². The predicted molar refractivity (Wildman–Crippen MR) is 62.3 cm³/mol. The predicted octanol–water partition coefficient (Wildman–Crippen LogP) is -1.12. The summed E-state index contributed by atoms with van der Waals surface area (Å²) in [5.74, 6) is 0. The molecule has 5 nitrogen and oxygen atoms in total. The molecule has 0 aromatic heterocycles. The van der Waals surface area contributed by atoms with Gasteiger partial charge in [-0.1, -0.05) is 0 Å². The largest absolute Gasteiger partial charge is 0.393 e. The summed E-state index contributed by atoms with van der Waals surface area (Å²) < 4.78 is 5.35. The molecule has 1 atom stereocenters. The molecule has 1 unspecified atom stereocenters. The van der Waals surface area contributed by atoms with Crippen molar-refractivity contribution in [3.8, 4) is 0 Å². The Kier molecular flexibility index (Phi) is 4.55. The van der Waals surface area contributed by atoms with Crippen LogP contribution in [-0.2, 0) is 4.74 Å². The fraction of sp³-hybridized carbons (Fsp3) is 1.00. The molecule has 0 amide bonds. The van der Waals surface area contributed by atoms with Crippen molar-refractivity contribution in [1.29, 1.82) is 0 Å². The second-order valence-corrected chi connectivity index (χ2v) is 4.65. The average Bonchev–Trinajstić information content (AvgIpc) is 2.34. The van der Waals surface area contributed by atoms with Crippen LogP contribution in [0.4, 0.5) is 0 Å². The smallest absolute Gasteiger partial charge is 0.0863 e. The Morgan fingerprint density at radius 2 is 1.56 bits per heavy atom. The summed E-state index contributed by atoms with van der Waals surface area (Å²) in [5, 5.41) is 9.56. The Balaban J connectivity index is 1.88. The van der Waals surface area contributed by atoms with Gasteiger partial charge in [0.25, 0.3) is 0 Å². The zero-order valence-corrected chi connectivity index (χ0v) is 10.1. The Hall–Kier alpha value is -0.200. The maximum Gasteiger partial charge on any atom is 0.0863 e. The van der Waals surface area contributed by atoms with E-state index in [1.54, 1.807) is 0 Å². The monoisotopic (exact) mass is 229 g/mol. The lowest BCUT2D eigenvalue weighted by Gasteiger charge is -2.43. The fourth-order valence-corrected chi connectivity index (χ4v) is 2.46. The standard InChI is InChI=1S/C11H23N3O2/c1-12-2-4-13(5-3-12)11(10-15)14-6-8-16-9-7-14/h11,15H,2-10H2,1H3. The summed E-state index contributed by atoms with van der Waals surface area (Å²) in [6, 6.07) is 0. The summed E-state index contributed by atoms with van der Waals surface area (Å²) in [6.07, 6.45) is 0.192. The maximum atomic E-state index is 9.56. The highest BCUT2D eigenvalue weighted by Crippen LogP contribution is 2.11. The summed E-state index contributed by atoms with van der Waals surface area (Å²) in [5.41, 5.74) is 0. The third kappa shape index (κ3) is 2.93. The molecule has 2 aliphatic heterocycles. The number of aliphatic hydroxyl groups excluding tert-OH is 1. The van der Waals surface area contributed by atoms with Crippen molar-refractivity contribution in [3.63, 3.8) is 0 Å². The highest BCUT2D eigenvalue weighted by molar-refractivity contribution is 4.79. The molecule has 0 aliphatic carbocycles. The lowest BCUT2D eigenvalue weighted by molar-refractivity contribution is -0.0634. The Morgan fingerprint density at radius 1 is 1.00 bits per heavy atom. The van der Waals surface area contributed by atoms with Gasteiger partial charge >= 0.3 is 0 Å². The Bertz CT molecular complexity index is 201. The van der Waals surface area contributed by atoms with Gasteiger partial charge < -0.3 is 14.7 Å². The van der Waals surface area contributed by atoms with Crippen molar-refractivity contribution in [1.82, 2.24) is 14.7 Å². The topological polar surface area (TPSA) is 39.2 Å². The van der Waals surface area contributed by atoms with Gasteiger partial charge in [0.05, 0.1) is 26.0 Å². The molecule has 1 N–H and O–H groups in total. The molecular weight excluding hydrogens is 206 g/mol. The number of likely N-dealkylation sites (N-methyl/N-ethyl adjacent to an activating group) is 1. The van der Waals surface area contributed by atoms with Crippen LogP contribution in [0.25, 0.3) is 0 Å². The van der Waals surface area contributed by atoms with Crippen LogP contribution in [0.3, 0.4) is 0 Å². The van der Waals surface area contributed by atoms with E-state index in [-0.39, 0.29) is 12.8 Å². The number of piperazine rings is 1. The van der Waals surface area contributed by atoms with Crippen molar-refractivity contribution in [3.05, 3.63) is 0 Å². The first-order valence-electron chi connectivity index (χ1n) is 6.16. The molecule has 0 aromatic carbocycles. The lowest BCUT2D eigenvalue weighted by Crippen LogP contribution is -2.58. The average molecular weight is 229 g/mol. The molecule has 2 rings (SSSR count). The van der Waals surface area contributed by atoms with Crippen LogP contribution in [0.1, 0.15) is 0 Å². The van der Waals surface area contributed by atoms with Crippen molar-refractivity contribution < 1.29 is 9.84 Å². The van der Waals surface area contributed by atoms with Gasteiger partial charge in [0.15, 0.2) is 0 Å². The SMILES string of the molecule is CN1CCN(C(CO)N2CCOCC2)CC1. The van der Waals surface area contributed by atoms with E-state index in [1.807, 2.05) is 0 Å². The molecule has 0 saturated carbocycles. The minimum absolute atomic E-state index is 0.192. The molecular formula is C11H23N3O2. The first kappa shape index (κ1) is 12.3. The van der Waals surface area contributed by atoms with E-state index in [0.717, 1.165) is 52.5 Å². The number of rotatable bonds is 3. The van der Waals surface area contributed by atoms with Gasteiger partial charge in [-0.05, 0) is 7.05 Å². The summed E-state index contributed by atoms with van der Waals surface area (Å²) >= 11 is 0. The zero-order valence-electron chi connectivity index (χ0n) is 10.1. The third-order valence-electron chi connectivity index (χ3n) is 3.59. The number of aliphatic hydroxyl groups is 1. The molecule has 94 valence electrons. The number of hydrogen-bond donors (Lipinski definition) is 1. The van der Waals surface area contributed by atoms with Crippen molar-refractivity contribution in [2.24, 2.45) is 0 Å². The maximum absolute atomic E-state index is 9.56. The fourth-order valence-electron chi connectivity index (χ4n) is 2.46. The van der Waals surface area contributed by atoms with Crippen LogP contribution in [0.15, 0.2) is 0 Å². The second-order valence-electron chi connectivity index (χ2n) is 4.65. The number of nitrogens with zero attached hydrogens (tertiary/aromatic N) is 3. The minimum Gasteiger partial charge on any atom is -0.393 e. The van der Waals surface area contributed by atoms with E-state index < -0.39 is 0 Å². The summed E-state index contributed by atoms with van der Waals surface area (Å²) in [7, 11) is 2.15. The van der Waals surface area contributed by atoms with Crippen LogP contribution in [0.2, 0.25) is 0 Å². The van der Waals surface area contributed by atoms with E-state index in [9.17, 15) is 5.11 Å². The van der Waals surface area contributed by atoms with E-state index in [4.69, 9.17) is 4.74 Å². The van der Waals surface area contributed by atoms with Gasteiger partial charge in [-0.25, -0.2) is 0 Å². The molecule has 2 aliphatic rings. The molecule has 2 saturated heterocycles. The van der Waals surface area contributed by atoms with Gasteiger partial charge in [0.1, 0.15) is 0 Å². The first-order valence-corrected chi connectivity index (χ1v) is 6.16. The molecule has 0 bridgehead atoms. The highest BCUT2D eigenvalue weighted by atomic mass is 16.5. The van der Waals surface area contributed by atoms with E-state index >= 15 is 0 Å². The molecule has 0 spiro atoms. The van der Waals surface area contributed by atoms with Crippen molar-refractivity contribution in [2.45, 2.75) is 6.17 Å². The normalized spacial score (nSPS) is 28.1. The minimum atomic E-state index is 0.192. The molecule has 5 heteroatoms. The van der Waals surface area contributed by atoms with E-state index in [0.29, 0.717) is 0 Å². The number of hydrogen-bond acceptors (Lipinski definition) is 5. The summed E-state index contributed by atoms with van der Waals surface area (Å²) in [4.78, 5) is 7.07. The summed E-state index contributed by atoms with van der Waals surface area (Å²) in [6.45, 7) is 8.01. The van der Waals surface area contributed by atoms with E-state index in [2.05, 4.69) is 21.7 Å². The van der Waals surface area contributed by atoms with Gasteiger partial charge in [0, 0.05) is 39.3 Å². The zero-order chi connectivity index (χ0) is 11.4. The van der Waals surface area contributed by atoms with Crippen LogP contribution in [0, 0.1) is 0 Å². The Morgan fingerprint density at radius 3 is 2.12 bits per heavy atom. The van der Waals surface area contributed by atoms with Gasteiger partial charge in [-0.15, -0.1) is 0 Å². The third-order valence-corrected chi connectivity index (χ3v) is 3.59. The van der Waals surface area contributed by atoms with Gasteiger partial charge in [-0.3, -0.25) is 9.80 Å². The van der Waals surface area contributed by atoms with Crippen molar-refractivity contribution >= 4 is 0 Å². The molecule has 2 fully saturated rings. The number of ether oxygens (including phenoxy) is 1. The van der Waals surface area contributed by atoms with Crippen LogP contribution >= 0.6 is 0 Å². The second kappa shape index (κ2) is 5.93. The molecule has 0 radical (unpaired) electrons. The lowest BCUT2D eigenvalue weighted by atomic mass is 10.2. The molecule has 16 heavy (non-hydrogen) atoms. The first-order chi connectivity index (χ1) is 7.81. The van der Waals surface area contributed by atoms with Crippen LogP contribution in [0.5, 0.6) is 0 Å². The molecule has 0 aromatic rings. The van der Waals surface area contributed by atoms with Gasteiger partial charge in [0.2, 0.25) is 0 Å². The van der Waals surface area contributed by atoms with E-state index in [1.165, 1.54) is 0 Å². The Labute approximate surface area is 97.6 Å². The number of morpholine rings is 1. The van der Waals surface area contributed by atoms with Crippen LogP contribution in [-0.4, -0.2) is 92.1 Å². The van der Waals surface area contributed by atoms with Gasteiger partial charge in [-0.2, -0.15) is 0 Å². The quantitative estimate of drug-likeness (QED) is 0.664. The van der Waals surface area contributed by atoms with Crippen LogP contribution < -0.4 is 0 Å². The highest BCUT2D eigenvalue weighted by Gasteiger charge is 2.27. The molecule has 2 heterocycles.